The molecule has 2 nitrogen and oxygen atoms in total. The van der Waals surface area contributed by atoms with Gasteiger partial charge in [-0.3, -0.25) is 4.79 Å². The molecule has 17 heavy (non-hydrogen) atoms. The monoisotopic (exact) mass is 378 g/mol. The predicted octanol–water partition coefficient (Wildman–Crippen LogP) is 4.25. The van der Waals surface area contributed by atoms with E-state index in [-0.39, 0.29) is 5.78 Å². The van der Waals surface area contributed by atoms with Gasteiger partial charge < -0.3 is 4.74 Å². The topological polar surface area (TPSA) is 26.3 Å². The van der Waals surface area contributed by atoms with Crippen LogP contribution in [0.25, 0.3) is 0 Å². The summed E-state index contributed by atoms with van der Waals surface area (Å²) in [6.45, 7) is 0. The predicted molar refractivity (Wildman–Crippen MR) is 78.5 cm³/mol. The van der Waals surface area contributed by atoms with Crippen LogP contribution < -0.4 is 4.74 Å². The maximum Gasteiger partial charge on any atom is 0.193 e. The molecule has 0 fully saturated rings. The number of carbonyl (C=O) groups excluding carboxylic acids is 1. The van der Waals surface area contributed by atoms with Crippen LogP contribution in [0.4, 0.5) is 0 Å². The van der Waals surface area contributed by atoms with Gasteiger partial charge in [-0.05, 0) is 46.9 Å². The third-order valence-electron chi connectivity index (χ3n) is 2.24. The Bertz CT molecular complexity index is 565. The number of hydrogen-bond donors (Lipinski definition) is 0. The van der Waals surface area contributed by atoms with E-state index < -0.39 is 0 Å². The summed E-state index contributed by atoms with van der Waals surface area (Å²) in [7, 11) is 1.55. The molecule has 1 heterocycles. The number of ether oxygens (including phenoxy) is 1. The second-order valence-corrected chi connectivity index (χ2v) is 6.53. The zero-order chi connectivity index (χ0) is 12.4. The minimum atomic E-state index is -0.0197. The summed E-state index contributed by atoms with van der Waals surface area (Å²) in [4.78, 5) is 12.1. The van der Waals surface area contributed by atoms with E-state index in [9.17, 15) is 4.79 Å². The van der Waals surface area contributed by atoms with Crippen LogP contribution in [-0.4, -0.2) is 12.9 Å². The lowest BCUT2D eigenvalue weighted by atomic mass is 10.1. The Labute approximate surface area is 122 Å². The fourth-order valence-corrected chi connectivity index (χ4v) is 2.99. The lowest BCUT2D eigenvalue weighted by Gasteiger charge is -2.04. The molecule has 0 bridgehead atoms. The van der Waals surface area contributed by atoms with Crippen LogP contribution in [-0.2, 0) is 0 Å². The van der Waals surface area contributed by atoms with Gasteiger partial charge >= 0.3 is 0 Å². The van der Waals surface area contributed by atoms with E-state index in [0.29, 0.717) is 21.9 Å². The average molecular weight is 379 g/mol. The van der Waals surface area contributed by atoms with Gasteiger partial charge in [-0.25, -0.2) is 0 Å². The van der Waals surface area contributed by atoms with E-state index in [1.807, 2.05) is 11.4 Å². The second-order valence-electron chi connectivity index (χ2n) is 3.32. The Balaban J connectivity index is 2.35. The first kappa shape index (κ1) is 12.9. The quantitative estimate of drug-likeness (QED) is 0.590. The number of hydrogen-bond acceptors (Lipinski definition) is 3. The molecule has 0 unspecified atom stereocenters. The number of ketones is 1. The Hall–Kier alpha value is -0.590. The Morgan fingerprint density at radius 1 is 1.35 bits per heavy atom. The third kappa shape index (κ3) is 2.81. The van der Waals surface area contributed by atoms with Crippen molar-refractivity contribution < 1.29 is 9.53 Å². The largest absolute Gasteiger partial charge is 0.495 e. The first-order valence-corrected chi connectivity index (χ1v) is 7.07. The Kier molecular flexibility index (Phi) is 4.06. The molecule has 2 rings (SSSR count). The van der Waals surface area contributed by atoms with E-state index in [0.717, 1.165) is 2.88 Å². The van der Waals surface area contributed by atoms with Crippen LogP contribution in [0.2, 0.25) is 5.02 Å². The molecular formula is C12H8ClIO2S. The summed E-state index contributed by atoms with van der Waals surface area (Å²) in [6.07, 6.45) is 0. The van der Waals surface area contributed by atoms with Gasteiger partial charge in [0.05, 0.1) is 15.0 Å². The van der Waals surface area contributed by atoms with Gasteiger partial charge in [0.1, 0.15) is 5.75 Å². The standard InChI is InChI=1S/C12H8ClIO2S/c1-16-10-3-2-7(4-9(10)13)12(15)8-5-11(14)17-6-8/h2-6H,1H3. The number of methoxy groups -OCH3 is 1. The van der Waals surface area contributed by atoms with Crippen molar-refractivity contribution in [2.75, 3.05) is 7.11 Å². The first-order valence-electron chi connectivity index (χ1n) is 4.74. The average Bonchev–Trinajstić information content (AvgIpc) is 2.75. The fourth-order valence-electron chi connectivity index (χ4n) is 1.40. The zero-order valence-electron chi connectivity index (χ0n) is 8.87. The molecule has 0 saturated carbocycles. The summed E-state index contributed by atoms with van der Waals surface area (Å²) >= 11 is 9.73. The van der Waals surface area contributed by atoms with Crippen molar-refractivity contribution in [3.05, 3.63) is 48.7 Å². The van der Waals surface area contributed by atoms with Crippen molar-refractivity contribution in [3.8, 4) is 5.75 Å². The number of rotatable bonds is 3. The Morgan fingerprint density at radius 3 is 2.65 bits per heavy atom. The first-order chi connectivity index (χ1) is 8.11. The molecular weight excluding hydrogens is 371 g/mol. The third-order valence-corrected chi connectivity index (χ3v) is 4.33. The zero-order valence-corrected chi connectivity index (χ0v) is 12.6. The second kappa shape index (κ2) is 5.37. The molecule has 1 aromatic heterocycles. The summed E-state index contributed by atoms with van der Waals surface area (Å²) in [5.74, 6) is 0.553. The summed E-state index contributed by atoms with van der Waals surface area (Å²) in [5, 5.41) is 2.30. The molecule has 88 valence electrons. The molecule has 5 heteroatoms. The van der Waals surface area contributed by atoms with Gasteiger partial charge in [-0.15, -0.1) is 11.3 Å². The maximum absolute atomic E-state index is 12.1. The molecule has 1 aromatic carbocycles. The SMILES string of the molecule is COc1ccc(C(=O)c2csc(I)c2)cc1Cl. The van der Waals surface area contributed by atoms with Crippen molar-refractivity contribution in [2.45, 2.75) is 0 Å². The van der Waals surface area contributed by atoms with E-state index in [4.69, 9.17) is 16.3 Å². The van der Waals surface area contributed by atoms with Crippen molar-refractivity contribution in [2.24, 2.45) is 0 Å². The highest BCUT2D eigenvalue weighted by Crippen LogP contribution is 2.27. The lowest BCUT2D eigenvalue weighted by Crippen LogP contribution is -1.99. The molecule has 0 spiro atoms. The molecule has 0 N–H and O–H groups in total. The van der Waals surface area contributed by atoms with Crippen molar-refractivity contribution in [3.63, 3.8) is 0 Å². The molecule has 0 aliphatic carbocycles. The van der Waals surface area contributed by atoms with Crippen LogP contribution in [0.5, 0.6) is 5.75 Å². The summed E-state index contributed by atoms with van der Waals surface area (Å²) < 4.78 is 6.14. The minimum Gasteiger partial charge on any atom is -0.495 e. The summed E-state index contributed by atoms with van der Waals surface area (Å²) in [6, 6.07) is 6.92. The van der Waals surface area contributed by atoms with Gasteiger partial charge in [-0.2, -0.15) is 0 Å². The maximum atomic E-state index is 12.1. The number of carbonyl (C=O) groups is 1. The van der Waals surface area contributed by atoms with Gasteiger partial charge in [0, 0.05) is 16.5 Å². The normalized spacial score (nSPS) is 10.3. The minimum absolute atomic E-state index is 0.0197. The highest BCUT2D eigenvalue weighted by atomic mass is 127. The highest BCUT2D eigenvalue weighted by Gasteiger charge is 2.12. The van der Waals surface area contributed by atoms with E-state index in [1.165, 1.54) is 0 Å². The van der Waals surface area contributed by atoms with Gasteiger partial charge in [-0.1, -0.05) is 11.6 Å². The van der Waals surface area contributed by atoms with Crippen LogP contribution >= 0.6 is 45.5 Å². The van der Waals surface area contributed by atoms with Crippen molar-refractivity contribution in [1.29, 1.82) is 0 Å². The molecule has 0 radical (unpaired) electrons. The summed E-state index contributed by atoms with van der Waals surface area (Å²) in [5.41, 5.74) is 1.27. The van der Waals surface area contributed by atoms with Crippen molar-refractivity contribution >= 4 is 51.3 Å². The molecule has 0 saturated heterocycles. The van der Waals surface area contributed by atoms with Gasteiger partial charge in [0.25, 0.3) is 0 Å². The van der Waals surface area contributed by atoms with Gasteiger partial charge in [0.2, 0.25) is 0 Å². The number of halogens is 2. The lowest BCUT2D eigenvalue weighted by molar-refractivity contribution is 0.103. The van der Waals surface area contributed by atoms with Gasteiger partial charge in [0.15, 0.2) is 5.78 Å². The van der Waals surface area contributed by atoms with Crippen LogP contribution in [0, 0.1) is 2.88 Å². The number of benzene rings is 1. The molecule has 0 amide bonds. The smallest absolute Gasteiger partial charge is 0.193 e. The highest BCUT2D eigenvalue weighted by molar-refractivity contribution is 14.1. The van der Waals surface area contributed by atoms with Crippen LogP contribution in [0.15, 0.2) is 29.6 Å². The fraction of sp³-hybridized carbons (Fsp3) is 0.0833. The molecule has 0 atom stereocenters. The van der Waals surface area contributed by atoms with E-state index in [2.05, 4.69) is 22.6 Å². The van der Waals surface area contributed by atoms with Crippen LogP contribution in [0.3, 0.4) is 0 Å². The molecule has 2 aromatic rings. The Morgan fingerprint density at radius 2 is 2.12 bits per heavy atom. The molecule has 0 aliphatic rings. The van der Waals surface area contributed by atoms with Crippen molar-refractivity contribution in [1.82, 2.24) is 0 Å². The molecule has 0 aliphatic heterocycles. The van der Waals surface area contributed by atoms with E-state index in [1.54, 1.807) is 36.6 Å². The number of thiophene rings is 1. The van der Waals surface area contributed by atoms with E-state index >= 15 is 0 Å². The van der Waals surface area contributed by atoms with Crippen LogP contribution in [0.1, 0.15) is 15.9 Å².